The Bertz CT molecular complexity index is 881. The second-order valence-corrected chi connectivity index (χ2v) is 8.02. The second-order valence-electron chi connectivity index (χ2n) is 6.31. The molecule has 1 aliphatic rings. The number of aryl methyl sites for hydroxylation is 1. The smallest absolute Gasteiger partial charge is 0.240 e. The minimum Gasteiger partial charge on any atom is -0.371 e. The van der Waals surface area contributed by atoms with Crippen LogP contribution in [-0.2, 0) is 10.0 Å². The second kappa shape index (κ2) is 7.26. The van der Waals surface area contributed by atoms with Crippen LogP contribution in [0.25, 0.3) is 0 Å². The molecule has 0 spiro atoms. The Hall–Kier alpha value is -2.36. The lowest BCUT2D eigenvalue weighted by Gasteiger charge is -2.33. The van der Waals surface area contributed by atoms with Gasteiger partial charge in [-0.15, -0.1) is 0 Å². The summed E-state index contributed by atoms with van der Waals surface area (Å²) in [7, 11) is -3.57. The maximum Gasteiger partial charge on any atom is 0.240 e. The molecule has 0 saturated carbocycles. The Morgan fingerprint density at radius 3 is 2.40 bits per heavy atom. The average molecular weight is 355 g/mol. The van der Waals surface area contributed by atoms with Gasteiger partial charge in [-0.1, -0.05) is 18.2 Å². The number of sulfonamides is 1. The van der Waals surface area contributed by atoms with Crippen molar-refractivity contribution in [1.82, 2.24) is 4.72 Å². The molecule has 1 N–H and O–H groups in total. The summed E-state index contributed by atoms with van der Waals surface area (Å²) < 4.78 is 28.0. The molecule has 0 atom stereocenters. The van der Waals surface area contributed by atoms with Gasteiger partial charge in [0.05, 0.1) is 16.5 Å². The van der Waals surface area contributed by atoms with E-state index >= 15 is 0 Å². The van der Waals surface area contributed by atoms with Crippen molar-refractivity contribution in [2.75, 3.05) is 18.0 Å². The van der Waals surface area contributed by atoms with Gasteiger partial charge in [0.1, 0.15) is 0 Å². The third-order valence-electron chi connectivity index (χ3n) is 4.57. The van der Waals surface area contributed by atoms with Crippen molar-refractivity contribution in [3.05, 3.63) is 59.7 Å². The molecule has 0 bridgehead atoms. The maximum atomic E-state index is 12.6. The van der Waals surface area contributed by atoms with Crippen LogP contribution in [-0.4, -0.2) is 27.5 Å². The molecule has 1 fully saturated rings. The van der Waals surface area contributed by atoms with Crippen molar-refractivity contribution in [2.24, 2.45) is 0 Å². The fourth-order valence-corrected chi connectivity index (χ4v) is 4.50. The van der Waals surface area contributed by atoms with Gasteiger partial charge in [0.2, 0.25) is 10.0 Å². The van der Waals surface area contributed by atoms with E-state index in [4.69, 9.17) is 5.26 Å². The lowest BCUT2D eigenvalue weighted by molar-refractivity contribution is 0.460. The molecule has 2 aromatic rings. The quantitative estimate of drug-likeness (QED) is 0.915. The van der Waals surface area contributed by atoms with Crippen LogP contribution < -0.4 is 9.62 Å². The monoisotopic (exact) mass is 355 g/mol. The average Bonchev–Trinajstić information content (AvgIpc) is 2.62. The number of nitrogens with zero attached hydrogens (tertiary/aromatic N) is 2. The molecule has 1 heterocycles. The molecule has 130 valence electrons. The first-order valence-electron chi connectivity index (χ1n) is 8.33. The Morgan fingerprint density at radius 2 is 1.80 bits per heavy atom. The van der Waals surface area contributed by atoms with Crippen molar-refractivity contribution in [3.8, 4) is 6.07 Å². The number of hydrogen-bond donors (Lipinski definition) is 1. The van der Waals surface area contributed by atoms with E-state index in [-0.39, 0.29) is 10.9 Å². The molecular weight excluding hydrogens is 334 g/mol. The maximum absolute atomic E-state index is 12.6. The lowest BCUT2D eigenvalue weighted by atomic mass is 10.1. The molecule has 1 aliphatic heterocycles. The number of hydrogen-bond acceptors (Lipinski definition) is 4. The summed E-state index contributed by atoms with van der Waals surface area (Å²) in [5, 5.41) is 8.97. The number of anilines is 1. The molecule has 25 heavy (non-hydrogen) atoms. The summed E-state index contributed by atoms with van der Waals surface area (Å²) in [5.74, 6) is 0. The first-order chi connectivity index (χ1) is 12.0. The van der Waals surface area contributed by atoms with Gasteiger partial charge in [0, 0.05) is 24.8 Å². The van der Waals surface area contributed by atoms with E-state index in [0.717, 1.165) is 25.9 Å². The third kappa shape index (κ3) is 4.01. The highest BCUT2D eigenvalue weighted by Gasteiger charge is 2.25. The number of nitriles is 1. The third-order valence-corrected chi connectivity index (χ3v) is 6.08. The van der Waals surface area contributed by atoms with Gasteiger partial charge < -0.3 is 4.90 Å². The van der Waals surface area contributed by atoms with E-state index in [0.29, 0.717) is 11.1 Å². The van der Waals surface area contributed by atoms with Gasteiger partial charge in [-0.2, -0.15) is 5.26 Å². The van der Waals surface area contributed by atoms with Crippen LogP contribution in [0.5, 0.6) is 0 Å². The summed E-state index contributed by atoms with van der Waals surface area (Å²) in [4.78, 5) is 2.49. The number of para-hydroxylation sites is 1. The number of rotatable bonds is 4. The summed E-state index contributed by atoms with van der Waals surface area (Å²) in [6.45, 7) is 3.39. The fourth-order valence-electron chi connectivity index (χ4n) is 3.11. The van der Waals surface area contributed by atoms with Crippen molar-refractivity contribution in [2.45, 2.75) is 30.7 Å². The molecule has 0 aromatic heterocycles. The summed E-state index contributed by atoms with van der Waals surface area (Å²) in [5.41, 5.74) is 2.34. The zero-order valence-electron chi connectivity index (χ0n) is 14.1. The molecule has 1 saturated heterocycles. The van der Waals surface area contributed by atoms with Crippen molar-refractivity contribution >= 4 is 15.7 Å². The molecule has 0 radical (unpaired) electrons. The van der Waals surface area contributed by atoms with Gasteiger partial charge in [-0.3, -0.25) is 0 Å². The van der Waals surface area contributed by atoms with E-state index in [1.165, 1.54) is 11.8 Å². The predicted molar refractivity (Wildman–Crippen MR) is 97.9 cm³/mol. The largest absolute Gasteiger partial charge is 0.371 e. The summed E-state index contributed by atoms with van der Waals surface area (Å²) >= 11 is 0. The molecule has 6 heteroatoms. The van der Waals surface area contributed by atoms with Crippen molar-refractivity contribution in [3.63, 3.8) is 0 Å². The van der Waals surface area contributed by atoms with Gasteiger partial charge >= 0.3 is 0 Å². The highest BCUT2D eigenvalue weighted by molar-refractivity contribution is 7.89. The Kier molecular flexibility index (Phi) is 5.07. The molecule has 3 rings (SSSR count). The highest BCUT2D eigenvalue weighted by Crippen LogP contribution is 2.21. The van der Waals surface area contributed by atoms with E-state index in [2.05, 4.69) is 27.8 Å². The Balaban J connectivity index is 1.65. The van der Waals surface area contributed by atoms with E-state index in [1.54, 1.807) is 19.1 Å². The molecule has 0 unspecified atom stereocenters. The van der Waals surface area contributed by atoms with Crippen LogP contribution in [0.2, 0.25) is 0 Å². The number of benzene rings is 2. The lowest BCUT2D eigenvalue weighted by Crippen LogP contribution is -2.44. The van der Waals surface area contributed by atoms with Gasteiger partial charge in [-0.25, -0.2) is 13.1 Å². The van der Waals surface area contributed by atoms with Gasteiger partial charge in [0.15, 0.2) is 0 Å². The number of piperidine rings is 1. The molecule has 2 aromatic carbocycles. The van der Waals surface area contributed by atoms with E-state index in [9.17, 15) is 8.42 Å². The predicted octanol–water partition coefficient (Wildman–Crippen LogP) is 2.81. The Morgan fingerprint density at radius 1 is 1.12 bits per heavy atom. The fraction of sp³-hybridized carbons (Fsp3) is 0.316. The van der Waals surface area contributed by atoms with Crippen LogP contribution in [0.4, 0.5) is 5.69 Å². The van der Waals surface area contributed by atoms with Crippen molar-refractivity contribution < 1.29 is 8.42 Å². The minimum atomic E-state index is -3.57. The SMILES string of the molecule is Cc1cc(S(=O)(=O)NC2CCN(c3ccccc3)CC2)ccc1C#N. The number of nitrogens with one attached hydrogen (secondary N) is 1. The minimum absolute atomic E-state index is 0.0686. The first kappa shape index (κ1) is 17.5. The zero-order valence-corrected chi connectivity index (χ0v) is 15.0. The summed E-state index contributed by atoms with van der Waals surface area (Å²) in [6, 6.07) is 16.8. The van der Waals surface area contributed by atoms with E-state index < -0.39 is 10.0 Å². The van der Waals surface area contributed by atoms with E-state index in [1.807, 2.05) is 18.2 Å². The Labute approximate surface area is 149 Å². The molecule has 5 nitrogen and oxygen atoms in total. The topological polar surface area (TPSA) is 73.2 Å². The highest BCUT2D eigenvalue weighted by atomic mass is 32.2. The van der Waals surface area contributed by atoms with Gasteiger partial charge in [-0.05, 0) is 55.7 Å². The standard InChI is InChI=1S/C19H21N3O2S/c1-15-13-19(8-7-16(15)14-20)25(23,24)21-17-9-11-22(12-10-17)18-5-3-2-4-6-18/h2-8,13,17,21H,9-12H2,1H3. The van der Waals surface area contributed by atoms with Crippen LogP contribution in [0.15, 0.2) is 53.4 Å². The normalized spacial score (nSPS) is 15.8. The van der Waals surface area contributed by atoms with Crippen LogP contribution in [0.3, 0.4) is 0 Å². The summed E-state index contributed by atoms with van der Waals surface area (Å²) in [6.07, 6.45) is 1.53. The van der Waals surface area contributed by atoms with Crippen molar-refractivity contribution in [1.29, 1.82) is 5.26 Å². The van der Waals surface area contributed by atoms with Gasteiger partial charge in [0.25, 0.3) is 0 Å². The van der Waals surface area contributed by atoms with Crippen LogP contribution >= 0.6 is 0 Å². The van der Waals surface area contributed by atoms with Crippen LogP contribution in [0, 0.1) is 18.3 Å². The molecule has 0 aliphatic carbocycles. The molecule has 0 amide bonds. The zero-order chi connectivity index (χ0) is 17.9. The molecular formula is C19H21N3O2S. The first-order valence-corrected chi connectivity index (χ1v) is 9.81. The van der Waals surface area contributed by atoms with Crippen LogP contribution in [0.1, 0.15) is 24.0 Å².